The number of alkyl halides is 1. The first-order valence-corrected chi connectivity index (χ1v) is 4.41. The van der Waals surface area contributed by atoms with Crippen molar-refractivity contribution in [3.63, 3.8) is 0 Å². The topological polar surface area (TPSA) is 17.1 Å². The van der Waals surface area contributed by atoms with E-state index in [1.54, 1.807) is 12.1 Å². The van der Waals surface area contributed by atoms with Crippen LogP contribution < -0.4 is 0 Å². The van der Waals surface area contributed by atoms with Crippen LogP contribution in [-0.2, 0) is 0 Å². The first kappa shape index (κ1) is 9.56. The molecule has 1 aromatic carbocycles. The van der Waals surface area contributed by atoms with E-state index in [2.05, 4.69) is 0 Å². The lowest BCUT2D eigenvalue weighted by atomic mass is 10.1. The second-order valence-electron chi connectivity index (χ2n) is 2.54. The van der Waals surface area contributed by atoms with E-state index in [1.165, 1.54) is 0 Å². The fraction of sp³-hybridized carbons (Fsp3) is 0.222. The molecule has 0 aliphatic rings. The number of Topliss-reactive ketones (excluding diaryl/α,β-unsaturated/α-hetero) is 1. The number of benzene rings is 1. The molecule has 0 unspecified atom stereocenters. The molecule has 64 valence electrons. The molecule has 0 fully saturated rings. The van der Waals surface area contributed by atoms with Crippen molar-refractivity contribution in [1.82, 2.24) is 0 Å². The van der Waals surface area contributed by atoms with Gasteiger partial charge in [-0.25, -0.2) is 0 Å². The van der Waals surface area contributed by atoms with Crippen LogP contribution in [0.4, 0.5) is 0 Å². The van der Waals surface area contributed by atoms with Gasteiger partial charge in [0.1, 0.15) is 0 Å². The molecular formula is C9H8Cl2O. The zero-order valence-corrected chi connectivity index (χ0v) is 8.12. The van der Waals surface area contributed by atoms with Gasteiger partial charge < -0.3 is 0 Å². The SMILES string of the molecule is Cc1ccc(C(=O)CCl)c(Cl)c1. The fourth-order valence-corrected chi connectivity index (χ4v) is 1.40. The first-order valence-electron chi connectivity index (χ1n) is 3.50. The molecule has 0 bridgehead atoms. The number of rotatable bonds is 2. The maximum Gasteiger partial charge on any atom is 0.179 e. The van der Waals surface area contributed by atoms with Gasteiger partial charge in [0, 0.05) is 5.56 Å². The summed E-state index contributed by atoms with van der Waals surface area (Å²) >= 11 is 11.2. The van der Waals surface area contributed by atoms with Crippen molar-refractivity contribution in [2.75, 3.05) is 5.88 Å². The van der Waals surface area contributed by atoms with Gasteiger partial charge in [0.2, 0.25) is 0 Å². The minimum atomic E-state index is -0.137. The Bertz CT molecular complexity index is 307. The van der Waals surface area contributed by atoms with Crippen LogP contribution in [0.25, 0.3) is 0 Å². The van der Waals surface area contributed by atoms with Crippen LogP contribution in [0.1, 0.15) is 15.9 Å². The summed E-state index contributed by atoms with van der Waals surface area (Å²) in [5.41, 5.74) is 1.53. The van der Waals surface area contributed by atoms with Gasteiger partial charge in [0.15, 0.2) is 5.78 Å². The van der Waals surface area contributed by atoms with Gasteiger partial charge in [0.25, 0.3) is 0 Å². The Kier molecular flexibility index (Phi) is 3.12. The molecule has 3 heteroatoms. The standard InChI is InChI=1S/C9H8Cl2O/c1-6-2-3-7(8(11)4-6)9(12)5-10/h2-4H,5H2,1H3. The summed E-state index contributed by atoms with van der Waals surface area (Å²) < 4.78 is 0. The van der Waals surface area contributed by atoms with Gasteiger partial charge in [-0.15, -0.1) is 11.6 Å². The normalized spacial score (nSPS) is 9.92. The fourth-order valence-electron chi connectivity index (χ4n) is 0.918. The van der Waals surface area contributed by atoms with E-state index in [0.717, 1.165) is 5.56 Å². The van der Waals surface area contributed by atoms with Crippen molar-refractivity contribution in [2.24, 2.45) is 0 Å². The van der Waals surface area contributed by atoms with E-state index >= 15 is 0 Å². The van der Waals surface area contributed by atoms with E-state index < -0.39 is 0 Å². The Morgan fingerprint density at radius 1 is 1.50 bits per heavy atom. The molecule has 0 saturated carbocycles. The molecule has 0 aromatic heterocycles. The van der Waals surface area contributed by atoms with Crippen molar-refractivity contribution < 1.29 is 4.79 Å². The quantitative estimate of drug-likeness (QED) is 0.533. The number of ketones is 1. The van der Waals surface area contributed by atoms with Crippen LogP contribution in [0.15, 0.2) is 18.2 Å². The summed E-state index contributed by atoms with van der Waals surface area (Å²) in [4.78, 5) is 11.1. The van der Waals surface area contributed by atoms with Crippen LogP contribution >= 0.6 is 23.2 Å². The summed E-state index contributed by atoms with van der Waals surface area (Å²) in [6, 6.07) is 5.29. The average Bonchev–Trinajstić information content (AvgIpc) is 2.03. The molecule has 12 heavy (non-hydrogen) atoms. The molecule has 1 aromatic rings. The Labute approximate surface area is 81.3 Å². The Morgan fingerprint density at radius 3 is 2.67 bits per heavy atom. The van der Waals surface area contributed by atoms with E-state index in [4.69, 9.17) is 23.2 Å². The number of aryl methyl sites for hydroxylation is 1. The largest absolute Gasteiger partial charge is 0.293 e. The summed E-state index contributed by atoms with van der Waals surface area (Å²) in [5, 5.41) is 0.473. The number of hydrogen-bond acceptors (Lipinski definition) is 1. The van der Waals surface area contributed by atoms with E-state index in [0.29, 0.717) is 10.6 Å². The molecule has 1 rings (SSSR count). The second kappa shape index (κ2) is 3.92. The van der Waals surface area contributed by atoms with Gasteiger partial charge in [0.05, 0.1) is 10.9 Å². The molecule has 0 N–H and O–H groups in total. The molecule has 0 saturated heterocycles. The maximum atomic E-state index is 11.1. The summed E-state index contributed by atoms with van der Waals surface area (Å²) in [7, 11) is 0. The molecule has 0 aliphatic heterocycles. The maximum absolute atomic E-state index is 11.1. The third-order valence-corrected chi connectivity index (χ3v) is 2.10. The minimum Gasteiger partial charge on any atom is -0.293 e. The van der Waals surface area contributed by atoms with Crippen molar-refractivity contribution in [1.29, 1.82) is 0 Å². The van der Waals surface area contributed by atoms with Crippen LogP contribution in [-0.4, -0.2) is 11.7 Å². The van der Waals surface area contributed by atoms with E-state index in [-0.39, 0.29) is 11.7 Å². The van der Waals surface area contributed by atoms with Crippen LogP contribution in [0, 0.1) is 6.92 Å². The zero-order valence-electron chi connectivity index (χ0n) is 6.60. The Balaban J connectivity index is 3.09. The van der Waals surface area contributed by atoms with Crippen molar-refractivity contribution in [3.05, 3.63) is 34.3 Å². The number of halogens is 2. The molecule has 0 atom stereocenters. The number of carbonyl (C=O) groups excluding carboxylic acids is 1. The van der Waals surface area contributed by atoms with Crippen molar-refractivity contribution >= 4 is 29.0 Å². The summed E-state index contributed by atoms with van der Waals surface area (Å²) in [5.74, 6) is -0.162. The van der Waals surface area contributed by atoms with Crippen LogP contribution in [0.2, 0.25) is 5.02 Å². The monoisotopic (exact) mass is 202 g/mol. The molecule has 0 amide bonds. The molecule has 0 aliphatic carbocycles. The van der Waals surface area contributed by atoms with Gasteiger partial charge in [-0.3, -0.25) is 4.79 Å². The molecule has 0 radical (unpaired) electrons. The average molecular weight is 203 g/mol. The van der Waals surface area contributed by atoms with E-state index in [9.17, 15) is 4.79 Å². The Morgan fingerprint density at radius 2 is 2.17 bits per heavy atom. The van der Waals surface area contributed by atoms with Crippen molar-refractivity contribution in [3.8, 4) is 0 Å². The van der Waals surface area contributed by atoms with Gasteiger partial charge >= 0.3 is 0 Å². The van der Waals surface area contributed by atoms with Crippen LogP contribution in [0.3, 0.4) is 0 Å². The highest BCUT2D eigenvalue weighted by atomic mass is 35.5. The minimum absolute atomic E-state index is 0.0250. The predicted molar refractivity (Wildman–Crippen MR) is 51.2 cm³/mol. The number of hydrogen-bond donors (Lipinski definition) is 0. The molecular weight excluding hydrogens is 195 g/mol. The lowest BCUT2D eigenvalue weighted by Gasteiger charge is -2.00. The van der Waals surface area contributed by atoms with Crippen molar-refractivity contribution in [2.45, 2.75) is 6.92 Å². The molecule has 1 nitrogen and oxygen atoms in total. The third kappa shape index (κ3) is 1.99. The second-order valence-corrected chi connectivity index (χ2v) is 3.21. The third-order valence-electron chi connectivity index (χ3n) is 1.55. The zero-order chi connectivity index (χ0) is 9.14. The highest BCUT2D eigenvalue weighted by molar-refractivity contribution is 6.37. The van der Waals surface area contributed by atoms with Gasteiger partial charge in [-0.1, -0.05) is 17.7 Å². The van der Waals surface area contributed by atoms with E-state index in [1.807, 2.05) is 13.0 Å². The van der Waals surface area contributed by atoms with Gasteiger partial charge in [-0.05, 0) is 24.6 Å². The summed E-state index contributed by atoms with van der Waals surface area (Å²) in [6.45, 7) is 1.92. The predicted octanol–water partition coefficient (Wildman–Crippen LogP) is 3.07. The highest BCUT2D eigenvalue weighted by Crippen LogP contribution is 2.18. The van der Waals surface area contributed by atoms with Gasteiger partial charge in [-0.2, -0.15) is 0 Å². The molecule has 0 spiro atoms. The highest BCUT2D eigenvalue weighted by Gasteiger charge is 2.07. The smallest absolute Gasteiger partial charge is 0.179 e. The number of carbonyl (C=O) groups is 1. The van der Waals surface area contributed by atoms with Crippen LogP contribution in [0.5, 0.6) is 0 Å². The lowest BCUT2D eigenvalue weighted by Crippen LogP contribution is -2.00. The Hall–Kier alpha value is -0.530. The first-order chi connectivity index (χ1) is 5.65. The molecule has 0 heterocycles. The summed E-state index contributed by atoms with van der Waals surface area (Å²) in [6.07, 6.45) is 0. The lowest BCUT2D eigenvalue weighted by molar-refractivity contribution is 0.102.